The number of aromatic nitrogens is 2. The van der Waals surface area contributed by atoms with Crippen LogP contribution in [-0.4, -0.2) is 17.3 Å². The van der Waals surface area contributed by atoms with Crippen LogP contribution in [0.5, 0.6) is 5.75 Å². The molecule has 1 aromatic carbocycles. The quantitative estimate of drug-likeness (QED) is 0.826. The number of hydrogen-bond acceptors (Lipinski definition) is 5. The number of nitrogens with zero attached hydrogens (tertiary/aromatic N) is 2. The van der Waals surface area contributed by atoms with Crippen molar-refractivity contribution < 1.29 is 9.15 Å². The second-order valence-corrected chi connectivity index (χ2v) is 5.12. The molecule has 5 nitrogen and oxygen atoms in total. The van der Waals surface area contributed by atoms with Gasteiger partial charge in [-0.2, -0.15) is 0 Å². The number of methoxy groups -OCH3 is 1. The number of rotatable bonds is 2. The maximum Gasteiger partial charge on any atom is 0.251 e. The number of benzene rings is 1. The molecule has 18 heavy (non-hydrogen) atoms. The highest BCUT2D eigenvalue weighted by atomic mass is 16.5. The summed E-state index contributed by atoms with van der Waals surface area (Å²) >= 11 is 0. The van der Waals surface area contributed by atoms with E-state index >= 15 is 0 Å². The van der Waals surface area contributed by atoms with Crippen LogP contribution < -0.4 is 10.5 Å². The Hall–Kier alpha value is -2.04. The third-order valence-corrected chi connectivity index (χ3v) is 2.52. The van der Waals surface area contributed by atoms with E-state index in [0.29, 0.717) is 23.2 Å². The molecule has 2 N–H and O–H groups in total. The Morgan fingerprint density at radius 2 is 1.94 bits per heavy atom. The summed E-state index contributed by atoms with van der Waals surface area (Å²) in [5, 5.41) is 8.11. The minimum Gasteiger partial charge on any atom is -0.496 e. The lowest BCUT2D eigenvalue weighted by atomic mass is 9.97. The van der Waals surface area contributed by atoms with E-state index in [-0.39, 0.29) is 5.41 Å². The van der Waals surface area contributed by atoms with Crippen molar-refractivity contribution in [1.29, 1.82) is 0 Å². The standard InChI is InChI=1S/C13H17N3O2/c1-13(2,3)12-16-15-11(18-12)9-6-5-8(14)7-10(9)17-4/h5-7H,14H2,1-4H3. The van der Waals surface area contributed by atoms with Gasteiger partial charge in [-0.3, -0.25) is 0 Å². The van der Waals surface area contributed by atoms with E-state index in [1.54, 1.807) is 19.2 Å². The predicted octanol–water partition coefficient (Wildman–Crippen LogP) is 2.62. The summed E-state index contributed by atoms with van der Waals surface area (Å²) in [6.45, 7) is 6.06. The van der Waals surface area contributed by atoms with Gasteiger partial charge < -0.3 is 14.9 Å². The molecule has 5 heteroatoms. The van der Waals surface area contributed by atoms with Crippen molar-refractivity contribution >= 4 is 5.69 Å². The van der Waals surface area contributed by atoms with Gasteiger partial charge in [-0.05, 0) is 12.1 Å². The Morgan fingerprint density at radius 3 is 2.50 bits per heavy atom. The van der Waals surface area contributed by atoms with Gasteiger partial charge in [0.05, 0.1) is 12.7 Å². The van der Waals surface area contributed by atoms with Gasteiger partial charge >= 0.3 is 0 Å². The molecule has 0 atom stereocenters. The predicted molar refractivity (Wildman–Crippen MR) is 69.4 cm³/mol. The van der Waals surface area contributed by atoms with E-state index < -0.39 is 0 Å². The van der Waals surface area contributed by atoms with Crippen molar-refractivity contribution in [1.82, 2.24) is 10.2 Å². The van der Waals surface area contributed by atoms with E-state index in [2.05, 4.69) is 10.2 Å². The van der Waals surface area contributed by atoms with Crippen molar-refractivity contribution in [2.24, 2.45) is 0 Å². The molecule has 0 bridgehead atoms. The molecule has 0 saturated heterocycles. The van der Waals surface area contributed by atoms with Gasteiger partial charge in [0.25, 0.3) is 5.89 Å². The van der Waals surface area contributed by atoms with Crippen LogP contribution in [-0.2, 0) is 5.41 Å². The van der Waals surface area contributed by atoms with Crippen molar-refractivity contribution in [2.45, 2.75) is 26.2 Å². The third kappa shape index (κ3) is 2.30. The SMILES string of the molecule is COc1cc(N)ccc1-c1nnc(C(C)(C)C)o1. The van der Waals surface area contributed by atoms with E-state index in [9.17, 15) is 0 Å². The Kier molecular flexibility index (Phi) is 2.98. The molecule has 0 aliphatic heterocycles. The molecule has 0 spiro atoms. The molecule has 1 aromatic heterocycles. The lowest BCUT2D eigenvalue weighted by Crippen LogP contribution is -2.11. The van der Waals surface area contributed by atoms with Gasteiger partial charge in [0.2, 0.25) is 5.89 Å². The van der Waals surface area contributed by atoms with Gasteiger partial charge in [0, 0.05) is 17.2 Å². The second-order valence-electron chi connectivity index (χ2n) is 5.12. The Bertz CT molecular complexity index is 556. The highest BCUT2D eigenvalue weighted by molar-refractivity contribution is 5.66. The van der Waals surface area contributed by atoms with Crippen LogP contribution >= 0.6 is 0 Å². The first kappa shape index (κ1) is 12.4. The van der Waals surface area contributed by atoms with E-state index in [4.69, 9.17) is 14.9 Å². The topological polar surface area (TPSA) is 74.2 Å². The Labute approximate surface area is 106 Å². The number of nitrogens with two attached hydrogens (primary N) is 1. The largest absolute Gasteiger partial charge is 0.496 e. The number of hydrogen-bond donors (Lipinski definition) is 1. The molecular weight excluding hydrogens is 230 g/mol. The Morgan fingerprint density at radius 1 is 1.22 bits per heavy atom. The van der Waals surface area contributed by atoms with Crippen LogP contribution in [0, 0.1) is 0 Å². The number of nitrogen functional groups attached to an aromatic ring is 1. The van der Waals surface area contributed by atoms with E-state index in [0.717, 1.165) is 5.56 Å². The van der Waals surface area contributed by atoms with Gasteiger partial charge in [0.1, 0.15) is 5.75 Å². The molecule has 0 unspecified atom stereocenters. The fourth-order valence-corrected chi connectivity index (χ4v) is 1.52. The van der Waals surface area contributed by atoms with Crippen LogP contribution in [0.25, 0.3) is 11.5 Å². The summed E-state index contributed by atoms with van der Waals surface area (Å²) in [7, 11) is 1.58. The zero-order chi connectivity index (χ0) is 13.3. The highest BCUT2D eigenvalue weighted by Gasteiger charge is 2.23. The maximum atomic E-state index is 5.71. The molecule has 0 fully saturated rings. The van der Waals surface area contributed by atoms with Gasteiger partial charge in [-0.25, -0.2) is 0 Å². The summed E-state index contributed by atoms with van der Waals surface area (Å²) in [6, 6.07) is 5.32. The van der Waals surface area contributed by atoms with E-state index in [1.807, 2.05) is 26.8 Å². The van der Waals surface area contributed by atoms with Crippen LogP contribution in [0.3, 0.4) is 0 Å². The first-order valence-corrected chi connectivity index (χ1v) is 5.69. The average Bonchev–Trinajstić information content (AvgIpc) is 2.77. The minimum atomic E-state index is -0.174. The molecule has 96 valence electrons. The molecule has 0 radical (unpaired) electrons. The fraction of sp³-hybridized carbons (Fsp3) is 0.385. The molecular formula is C13H17N3O2. The minimum absolute atomic E-state index is 0.174. The lowest BCUT2D eigenvalue weighted by Gasteiger charge is -2.11. The lowest BCUT2D eigenvalue weighted by molar-refractivity contribution is 0.393. The second kappa shape index (κ2) is 4.33. The summed E-state index contributed by atoms with van der Waals surface area (Å²) in [5.41, 5.74) is 6.91. The third-order valence-electron chi connectivity index (χ3n) is 2.52. The van der Waals surface area contributed by atoms with E-state index in [1.165, 1.54) is 0 Å². The fourth-order valence-electron chi connectivity index (χ4n) is 1.52. The molecule has 0 aliphatic rings. The summed E-state index contributed by atoms with van der Waals surface area (Å²) in [5.74, 6) is 1.66. The van der Waals surface area contributed by atoms with Crippen molar-refractivity contribution in [3.05, 3.63) is 24.1 Å². The average molecular weight is 247 g/mol. The molecule has 0 saturated carbocycles. The van der Waals surface area contributed by atoms with Crippen LogP contribution in [0.4, 0.5) is 5.69 Å². The highest BCUT2D eigenvalue weighted by Crippen LogP contribution is 2.32. The number of ether oxygens (including phenoxy) is 1. The van der Waals surface area contributed by atoms with Crippen LogP contribution in [0.1, 0.15) is 26.7 Å². The maximum absolute atomic E-state index is 5.71. The summed E-state index contributed by atoms with van der Waals surface area (Å²) in [4.78, 5) is 0. The smallest absolute Gasteiger partial charge is 0.251 e. The van der Waals surface area contributed by atoms with Crippen LogP contribution in [0.15, 0.2) is 22.6 Å². The van der Waals surface area contributed by atoms with Gasteiger partial charge in [-0.1, -0.05) is 20.8 Å². The van der Waals surface area contributed by atoms with Crippen molar-refractivity contribution in [3.8, 4) is 17.2 Å². The Balaban J connectivity index is 2.46. The molecule has 1 heterocycles. The first-order valence-electron chi connectivity index (χ1n) is 5.69. The van der Waals surface area contributed by atoms with Crippen molar-refractivity contribution in [3.63, 3.8) is 0 Å². The monoisotopic (exact) mass is 247 g/mol. The van der Waals surface area contributed by atoms with Gasteiger partial charge in [0.15, 0.2) is 0 Å². The zero-order valence-corrected chi connectivity index (χ0v) is 11.0. The molecule has 0 amide bonds. The van der Waals surface area contributed by atoms with Gasteiger partial charge in [-0.15, -0.1) is 10.2 Å². The summed E-state index contributed by atoms with van der Waals surface area (Å²) in [6.07, 6.45) is 0. The van der Waals surface area contributed by atoms with Crippen molar-refractivity contribution in [2.75, 3.05) is 12.8 Å². The molecule has 0 aliphatic carbocycles. The normalized spacial score (nSPS) is 11.6. The zero-order valence-electron chi connectivity index (χ0n) is 11.0. The first-order chi connectivity index (χ1) is 8.41. The summed E-state index contributed by atoms with van der Waals surface area (Å²) < 4.78 is 10.9. The molecule has 2 rings (SSSR count). The molecule has 2 aromatic rings. The number of anilines is 1. The van der Waals surface area contributed by atoms with Crippen LogP contribution in [0.2, 0.25) is 0 Å².